The first-order valence-corrected chi connectivity index (χ1v) is 6.62. The van der Waals surface area contributed by atoms with Gasteiger partial charge in [-0.05, 0) is 32.6 Å². The molecular weight excluding hydrogens is 186 g/mol. The lowest BCUT2D eigenvalue weighted by molar-refractivity contribution is -0.101. The Kier molecular flexibility index (Phi) is 3.36. The number of fused-ring (bicyclic) bond motifs is 1. The average molecular weight is 211 g/mol. The van der Waals surface area contributed by atoms with Crippen LogP contribution in [0.1, 0.15) is 52.4 Å². The third kappa shape index (κ3) is 2.21. The minimum Gasteiger partial charge on any atom is -0.390 e. The number of aliphatic hydroxyl groups is 1. The minimum atomic E-state index is -0.303. The van der Waals surface area contributed by atoms with E-state index in [9.17, 15) is 5.11 Å². The van der Waals surface area contributed by atoms with Crippen molar-refractivity contribution in [2.45, 2.75) is 64.0 Å². The molecule has 15 heavy (non-hydrogen) atoms. The second-order valence-electron chi connectivity index (χ2n) is 5.55. The van der Waals surface area contributed by atoms with Crippen molar-refractivity contribution in [2.75, 3.05) is 13.1 Å². The number of hydrogen-bond acceptors (Lipinski definition) is 2. The molecule has 0 bridgehead atoms. The zero-order valence-electron chi connectivity index (χ0n) is 10.2. The SMILES string of the molecule is CCC(C)N1CCC2(O)CCCCC2C1. The Morgan fingerprint density at radius 1 is 1.40 bits per heavy atom. The maximum Gasteiger partial charge on any atom is 0.0700 e. The normalized spacial score (nSPS) is 39.8. The molecule has 3 unspecified atom stereocenters. The van der Waals surface area contributed by atoms with Gasteiger partial charge in [0.1, 0.15) is 0 Å². The van der Waals surface area contributed by atoms with Gasteiger partial charge in [-0.1, -0.05) is 19.8 Å². The van der Waals surface area contributed by atoms with E-state index in [-0.39, 0.29) is 5.60 Å². The van der Waals surface area contributed by atoms with Gasteiger partial charge in [0.15, 0.2) is 0 Å². The third-order valence-electron chi connectivity index (χ3n) is 4.67. The van der Waals surface area contributed by atoms with Crippen LogP contribution in [0, 0.1) is 5.92 Å². The maximum atomic E-state index is 10.5. The molecule has 1 saturated heterocycles. The number of likely N-dealkylation sites (tertiary alicyclic amines) is 1. The fourth-order valence-electron chi connectivity index (χ4n) is 3.26. The van der Waals surface area contributed by atoms with E-state index in [4.69, 9.17) is 0 Å². The van der Waals surface area contributed by atoms with Crippen LogP contribution in [0.3, 0.4) is 0 Å². The van der Waals surface area contributed by atoms with Crippen molar-refractivity contribution in [1.29, 1.82) is 0 Å². The van der Waals surface area contributed by atoms with Crippen LogP contribution in [0.25, 0.3) is 0 Å². The minimum absolute atomic E-state index is 0.303. The summed E-state index contributed by atoms with van der Waals surface area (Å²) in [4.78, 5) is 2.57. The van der Waals surface area contributed by atoms with Crippen molar-refractivity contribution in [3.05, 3.63) is 0 Å². The monoisotopic (exact) mass is 211 g/mol. The van der Waals surface area contributed by atoms with E-state index in [1.54, 1.807) is 0 Å². The average Bonchev–Trinajstić information content (AvgIpc) is 2.26. The van der Waals surface area contributed by atoms with Crippen molar-refractivity contribution in [3.8, 4) is 0 Å². The first-order valence-electron chi connectivity index (χ1n) is 6.62. The zero-order chi connectivity index (χ0) is 10.9. The molecule has 1 aliphatic carbocycles. The van der Waals surface area contributed by atoms with E-state index in [1.807, 2.05) is 0 Å². The van der Waals surface area contributed by atoms with Crippen molar-refractivity contribution < 1.29 is 5.11 Å². The topological polar surface area (TPSA) is 23.5 Å². The predicted octanol–water partition coefficient (Wildman–Crippen LogP) is 2.41. The van der Waals surface area contributed by atoms with Crippen LogP contribution in [0.4, 0.5) is 0 Å². The summed E-state index contributed by atoms with van der Waals surface area (Å²) in [7, 11) is 0. The van der Waals surface area contributed by atoms with E-state index in [2.05, 4.69) is 18.7 Å². The van der Waals surface area contributed by atoms with Crippen LogP contribution in [0.2, 0.25) is 0 Å². The highest BCUT2D eigenvalue weighted by atomic mass is 16.3. The standard InChI is InChI=1S/C13H25NO/c1-3-11(2)14-9-8-13(15)7-5-4-6-12(13)10-14/h11-12,15H,3-10H2,1-2H3. The van der Waals surface area contributed by atoms with Crippen LogP contribution < -0.4 is 0 Å². The van der Waals surface area contributed by atoms with Crippen LogP contribution in [0.5, 0.6) is 0 Å². The molecule has 1 aliphatic heterocycles. The Bertz CT molecular complexity index is 219. The molecule has 2 heteroatoms. The molecule has 1 N–H and O–H groups in total. The van der Waals surface area contributed by atoms with Gasteiger partial charge in [-0.15, -0.1) is 0 Å². The summed E-state index contributed by atoms with van der Waals surface area (Å²) in [5.74, 6) is 0.550. The predicted molar refractivity (Wildman–Crippen MR) is 62.9 cm³/mol. The Hall–Kier alpha value is -0.0800. The fraction of sp³-hybridized carbons (Fsp3) is 1.00. The van der Waals surface area contributed by atoms with E-state index in [1.165, 1.54) is 25.7 Å². The van der Waals surface area contributed by atoms with E-state index in [0.29, 0.717) is 12.0 Å². The number of hydrogen-bond donors (Lipinski definition) is 1. The van der Waals surface area contributed by atoms with Gasteiger partial charge in [0.05, 0.1) is 5.60 Å². The van der Waals surface area contributed by atoms with E-state index < -0.39 is 0 Å². The van der Waals surface area contributed by atoms with Crippen molar-refractivity contribution in [2.24, 2.45) is 5.92 Å². The molecule has 2 rings (SSSR count). The van der Waals surface area contributed by atoms with Crippen LogP contribution in [-0.2, 0) is 0 Å². The summed E-state index contributed by atoms with van der Waals surface area (Å²) in [6, 6.07) is 0.691. The molecule has 2 nitrogen and oxygen atoms in total. The molecule has 2 aliphatic rings. The van der Waals surface area contributed by atoms with Gasteiger partial charge in [0.2, 0.25) is 0 Å². The molecule has 0 aromatic rings. The summed E-state index contributed by atoms with van der Waals surface area (Å²) in [6.45, 7) is 6.80. The van der Waals surface area contributed by atoms with E-state index in [0.717, 1.165) is 25.9 Å². The highest BCUT2D eigenvalue weighted by molar-refractivity contribution is 4.96. The van der Waals surface area contributed by atoms with Crippen LogP contribution >= 0.6 is 0 Å². The Morgan fingerprint density at radius 2 is 2.20 bits per heavy atom. The lowest BCUT2D eigenvalue weighted by atomic mass is 9.71. The highest BCUT2D eigenvalue weighted by Crippen LogP contribution is 2.40. The summed E-state index contributed by atoms with van der Waals surface area (Å²) < 4.78 is 0. The molecule has 0 spiro atoms. The largest absolute Gasteiger partial charge is 0.390 e. The van der Waals surface area contributed by atoms with Gasteiger partial charge in [-0.25, -0.2) is 0 Å². The zero-order valence-corrected chi connectivity index (χ0v) is 10.2. The molecule has 0 amide bonds. The Morgan fingerprint density at radius 3 is 2.93 bits per heavy atom. The number of rotatable bonds is 2. The molecule has 1 saturated carbocycles. The summed E-state index contributed by atoms with van der Waals surface area (Å²) >= 11 is 0. The maximum absolute atomic E-state index is 10.5. The van der Waals surface area contributed by atoms with Crippen molar-refractivity contribution >= 4 is 0 Å². The lowest BCUT2D eigenvalue weighted by Crippen LogP contribution is -2.55. The van der Waals surface area contributed by atoms with Gasteiger partial charge in [0, 0.05) is 25.0 Å². The summed E-state index contributed by atoms with van der Waals surface area (Å²) in [6.07, 6.45) is 7.07. The molecule has 0 aromatic heterocycles. The second-order valence-corrected chi connectivity index (χ2v) is 5.55. The first kappa shape index (κ1) is 11.4. The summed E-state index contributed by atoms with van der Waals surface area (Å²) in [5, 5.41) is 10.5. The van der Waals surface area contributed by atoms with Gasteiger partial charge in [-0.3, -0.25) is 0 Å². The van der Waals surface area contributed by atoms with Crippen LogP contribution in [-0.4, -0.2) is 34.7 Å². The fourth-order valence-corrected chi connectivity index (χ4v) is 3.26. The quantitative estimate of drug-likeness (QED) is 0.758. The van der Waals surface area contributed by atoms with E-state index >= 15 is 0 Å². The Labute approximate surface area is 93.7 Å². The van der Waals surface area contributed by atoms with Crippen molar-refractivity contribution in [1.82, 2.24) is 4.90 Å². The van der Waals surface area contributed by atoms with Crippen LogP contribution in [0.15, 0.2) is 0 Å². The van der Waals surface area contributed by atoms with Gasteiger partial charge < -0.3 is 10.0 Å². The van der Waals surface area contributed by atoms with Gasteiger partial charge in [0.25, 0.3) is 0 Å². The lowest BCUT2D eigenvalue weighted by Gasteiger charge is -2.49. The molecular formula is C13H25NO. The molecule has 88 valence electrons. The molecule has 3 atom stereocenters. The molecule has 0 radical (unpaired) electrons. The van der Waals surface area contributed by atoms with Gasteiger partial charge in [-0.2, -0.15) is 0 Å². The third-order valence-corrected chi connectivity index (χ3v) is 4.67. The van der Waals surface area contributed by atoms with Crippen molar-refractivity contribution in [3.63, 3.8) is 0 Å². The number of nitrogens with zero attached hydrogens (tertiary/aromatic N) is 1. The molecule has 2 fully saturated rings. The molecule has 1 heterocycles. The first-order chi connectivity index (χ1) is 7.15. The molecule has 0 aromatic carbocycles. The van der Waals surface area contributed by atoms with Gasteiger partial charge >= 0.3 is 0 Å². The smallest absolute Gasteiger partial charge is 0.0700 e. The summed E-state index contributed by atoms with van der Waals surface area (Å²) in [5.41, 5.74) is -0.303. The highest BCUT2D eigenvalue weighted by Gasteiger charge is 2.43. The number of piperidine rings is 1. The second kappa shape index (κ2) is 4.42. The Balaban J connectivity index is 1.98.